The third-order valence-corrected chi connectivity index (χ3v) is 6.21. The maximum absolute atomic E-state index is 6.30. The lowest BCUT2D eigenvalue weighted by molar-refractivity contribution is 0.0259. The van der Waals surface area contributed by atoms with Gasteiger partial charge in [0.25, 0.3) is 0 Å². The highest BCUT2D eigenvalue weighted by Crippen LogP contribution is 2.30. The first-order chi connectivity index (χ1) is 16.2. The Balaban J connectivity index is 1.27. The highest BCUT2D eigenvalue weighted by atomic mass is 16.5. The van der Waals surface area contributed by atoms with E-state index >= 15 is 0 Å². The molecular formula is C26H31N5O2. The minimum atomic E-state index is 0.156. The van der Waals surface area contributed by atoms with Crippen molar-refractivity contribution in [2.45, 2.75) is 38.3 Å². The number of likely N-dealkylation sites (tertiary alicyclic amines) is 1. The zero-order valence-corrected chi connectivity index (χ0v) is 18.9. The molecular weight excluding hydrogens is 414 g/mol. The van der Waals surface area contributed by atoms with Crippen molar-refractivity contribution in [2.24, 2.45) is 0 Å². The number of anilines is 3. The molecule has 7 nitrogen and oxygen atoms in total. The van der Waals surface area contributed by atoms with Gasteiger partial charge < -0.3 is 20.5 Å². The molecule has 2 saturated heterocycles. The molecule has 0 aliphatic carbocycles. The van der Waals surface area contributed by atoms with E-state index in [1.807, 2.05) is 30.3 Å². The lowest BCUT2D eigenvalue weighted by Gasteiger charge is -2.24. The van der Waals surface area contributed by atoms with E-state index in [-0.39, 0.29) is 6.10 Å². The van der Waals surface area contributed by atoms with Crippen LogP contribution in [0.25, 0.3) is 11.3 Å². The molecule has 0 bridgehead atoms. The van der Waals surface area contributed by atoms with Gasteiger partial charge in [-0.05, 0) is 67.9 Å². The van der Waals surface area contributed by atoms with Gasteiger partial charge in [-0.3, -0.25) is 4.90 Å². The van der Waals surface area contributed by atoms with Crippen LogP contribution < -0.4 is 15.8 Å². The first-order valence-electron chi connectivity index (χ1n) is 11.8. The zero-order chi connectivity index (χ0) is 22.5. The summed E-state index contributed by atoms with van der Waals surface area (Å²) in [4.78, 5) is 11.6. The number of hydrogen-bond acceptors (Lipinski definition) is 7. The molecule has 3 heterocycles. The Labute approximate surface area is 194 Å². The number of ether oxygens (including phenoxy) is 2. The molecule has 2 aliphatic rings. The molecule has 3 aromatic rings. The van der Waals surface area contributed by atoms with Crippen LogP contribution in [-0.2, 0) is 11.3 Å². The van der Waals surface area contributed by atoms with Gasteiger partial charge in [0.1, 0.15) is 11.9 Å². The Morgan fingerprint density at radius 3 is 2.73 bits per heavy atom. The minimum absolute atomic E-state index is 0.156. The van der Waals surface area contributed by atoms with Gasteiger partial charge in [0.15, 0.2) is 0 Å². The fraction of sp³-hybridized carbons (Fsp3) is 0.385. The fourth-order valence-corrected chi connectivity index (χ4v) is 4.44. The van der Waals surface area contributed by atoms with Crippen molar-refractivity contribution in [2.75, 3.05) is 37.4 Å². The highest BCUT2D eigenvalue weighted by Gasteiger charge is 2.17. The first kappa shape index (κ1) is 21.7. The Morgan fingerprint density at radius 2 is 1.91 bits per heavy atom. The molecule has 5 rings (SSSR count). The molecule has 0 atom stereocenters. The molecule has 7 heteroatoms. The van der Waals surface area contributed by atoms with E-state index in [0.717, 1.165) is 49.5 Å². The van der Waals surface area contributed by atoms with Gasteiger partial charge in [-0.1, -0.05) is 12.1 Å². The number of nitrogens with two attached hydrogens (primary N) is 1. The molecule has 172 valence electrons. The Hall–Kier alpha value is -3.16. The third kappa shape index (κ3) is 5.61. The van der Waals surface area contributed by atoms with Gasteiger partial charge in [-0.15, -0.1) is 0 Å². The second kappa shape index (κ2) is 10.2. The summed E-state index contributed by atoms with van der Waals surface area (Å²) in [6.45, 7) is 4.83. The Morgan fingerprint density at radius 1 is 1.06 bits per heavy atom. The monoisotopic (exact) mass is 445 g/mol. The van der Waals surface area contributed by atoms with Crippen LogP contribution in [0.3, 0.4) is 0 Å². The number of nitrogens with one attached hydrogen (secondary N) is 1. The van der Waals surface area contributed by atoms with Crippen molar-refractivity contribution in [3.63, 3.8) is 0 Å². The quantitative estimate of drug-likeness (QED) is 0.513. The van der Waals surface area contributed by atoms with Crippen molar-refractivity contribution in [3.05, 3.63) is 60.3 Å². The molecule has 0 radical (unpaired) electrons. The van der Waals surface area contributed by atoms with Crippen LogP contribution in [0.2, 0.25) is 0 Å². The second-order valence-electron chi connectivity index (χ2n) is 8.76. The summed E-state index contributed by atoms with van der Waals surface area (Å²) in [5.41, 5.74) is 10.9. The molecule has 2 aromatic carbocycles. The van der Waals surface area contributed by atoms with E-state index in [1.54, 1.807) is 6.20 Å². The normalized spacial score (nSPS) is 17.2. The van der Waals surface area contributed by atoms with Crippen LogP contribution >= 0.6 is 0 Å². The van der Waals surface area contributed by atoms with Crippen LogP contribution in [-0.4, -0.2) is 47.3 Å². The van der Waals surface area contributed by atoms with E-state index in [2.05, 4.69) is 33.4 Å². The van der Waals surface area contributed by atoms with Gasteiger partial charge >= 0.3 is 0 Å². The Bertz CT molecular complexity index is 1080. The average Bonchev–Trinajstić information content (AvgIpc) is 3.35. The molecule has 2 fully saturated rings. The standard InChI is InChI=1S/C26H31N5O2/c27-23-17-20(6-7-25(23)33-22-9-14-32-15-10-22)24-8-11-28-26(30-24)29-21-5-3-4-19(16-21)18-31-12-1-2-13-31/h3-8,11,16-17,22H,1-2,9-10,12-15,18,27H2,(H,28,29,30). The maximum atomic E-state index is 6.30. The van der Waals surface area contributed by atoms with Crippen molar-refractivity contribution >= 4 is 17.3 Å². The molecule has 3 N–H and O–H groups in total. The van der Waals surface area contributed by atoms with Crippen molar-refractivity contribution < 1.29 is 9.47 Å². The topological polar surface area (TPSA) is 85.5 Å². The molecule has 0 unspecified atom stereocenters. The lowest BCUT2D eigenvalue weighted by Crippen LogP contribution is -2.26. The van der Waals surface area contributed by atoms with Gasteiger partial charge in [-0.2, -0.15) is 0 Å². The molecule has 0 spiro atoms. The predicted octanol–water partition coefficient (Wildman–Crippen LogP) is 4.62. The van der Waals surface area contributed by atoms with Crippen LogP contribution in [0.5, 0.6) is 5.75 Å². The number of nitrogens with zero attached hydrogens (tertiary/aromatic N) is 3. The number of rotatable bonds is 7. The van der Waals surface area contributed by atoms with Crippen LogP contribution in [0, 0.1) is 0 Å². The summed E-state index contributed by atoms with van der Waals surface area (Å²) < 4.78 is 11.5. The van der Waals surface area contributed by atoms with E-state index in [4.69, 9.17) is 20.2 Å². The van der Waals surface area contributed by atoms with E-state index in [9.17, 15) is 0 Å². The fourth-order valence-electron chi connectivity index (χ4n) is 4.44. The summed E-state index contributed by atoms with van der Waals surface area (Å²) >= 11 is 0. The van der Waals surface area contributed by atoms with Crippen molar-refractivity contribution in [1.82, 2.24) is 14.9 Å². The number of benzene rings is 2. The number of nitrogen functional groups attached to an aromatic ring is 1. The van der Waals surface area contributed by atoms with E-state index < -0.39 is 0 Å². The van der Waals surface area contributed by atoms with Crippen molar-refractivity contribution in [1.29, 1.82) is 0 Å². The van der Waals surface area contributed by atoms with Crippen LogP contribution in [0.15, 0.2) is 54.7 Å². The molecule has 1 aromatic heterocycles. The van der Waals surface area contributed by atoms with Crippen molar-refractivity contribution in [3.8, 4) is 17.0 Å². The lowest BCUT2D eigenvalue weighted by atomic mass is 10.1. The van der Waals surface area contributed by atoms with Gasteiger partial charge in [0, 0.05) is 36.8 Å². The summed E-state index contributed by atoms with van der Waals surface area (Å²) in [5.74, 6) is 1.28. The number of hydrogen-bond donors (Lipinski definition) is 2. The maximum Gasteiger partial charge on any atom is 0.227 e. The third-order valence-electron chi connectivity index (χ3n) is 6.21. The molecule has 0 saturated carbocycles. The van der Waals surface area contributed by atoms with Gasteiger partial charge in [-0.25, -0.2) is 9.97 Å². The van der Waals surface area contributed by atoms with Gasteiger partial charge in [0.05, 0.1) is 24.6 Å². The molecule has 0 amide bonds. The largest absolute Gasteiger partial charge is 0.488 e. The highest BCUT2D eigenvalue weighted by molar-refractivity contribution is 5.69. The SMILES string of the molecule is Nc1cc(-c2ccnc(Nc3cccc(CN4CCCC4)c3)n2)ccc1OC1CCOCC1. The molecule has 2 aliphatic heterocycles. The molecule has 33 heavy (non-hydrogen) atoms. The Kier molecular flexibility index (Phi) is 6.69. The second-order valence-corrected chi connectivity index (χ2v) is 8.76. The van der Waals surface area contributed by atoms with Gasteiger partial charge in [0.2, 0.25) is 5.95 Å². The van der Waals surface area contributed by atoms with E-state index in [0.29, 0.717) is 17.4 Å². The first-order valence-corrected chi connectivity index (χ1v) is 11.8. The summed E-state index contributed by atoms with van der Waals surface area (Å²) in [7, 11) is 0. The summed E-state index contributed by atoms with van der Waals surface area (Å²) in [6, 6.07) is 16.2. The van der Waals surface area contributed by atoms with Crippen LogP contribution in [0.1, 0.15) is 31.2 Å². The minimum Gasteiger partial charge on any atom is -0.488 e. The summed E-state index contributed by atoms with van der Waals surface area (Å²) in [5, 5.41) is 3.35. The van der Waals surface area contributed by atoms with E-state index in [1.165, 1.54) is 31.5 Å². The number of aromatic nitrogens is 2. The average molecular weight is 446 g/mol. The summed E-state index contributed by atoms with van der Waals surface area (Å²) in [6.07, 6.45) is 6.30. The predicted molar refractivity (Wildman–Crippen MR) is 131 cm³/mol. The van der Waals surface area contributed by atoms with Crippen LogP contribution in [0.4, 0.5) is 17.3 Å². The zero-order valence-electron chi connectivity index (χ0n) is 18.9. The smallest absolute Gasteiger partial charge is 0.227 e.